The Morgan fingerprint density at radius 1 is 1.16 bits per heavy atom. The summed E-state index contributed by atoms with van der Waals surface area (Å²) in [6, 6.07) is 7.42. The topological polar surface area (TPSA) is 103 Å². The van der Waals surface area contributed by atoms with E-state index in [1.54, 1.807) is 6.92 Å². The van der Waals surface area contributed by atoms with Crippen molar-refractivity contribution in [1.82, 2.24) is 14.5 Å². The van der Waals surface area contributed by atoms with Gasteiger partial charge in [-0.3, -0.25) is 9.59 Å². The van der Waals surface area contributed by atoms with Gasteiger partial charge in [0.15, 0.2) is 5.16 Å². The lowest BCUT2D eigenvalue weighted by Gasteiger charge is -2.16. The number of fused-ring (bicyclic) bond motifs is 1. The molecule has 3 aromatic rings. The van der Waals surface area contributed by atoms with E-state index < -0.39 is 11.5 Å². The van der Waals surface area contributed by atoms with Crippen LogP contribution in [-0.2, 0) is 9.53 Å². The highest BCUT2D eigenvalue weighted by Crippen LogP contribution is 2.39. The van der Waals surface area contributed by atoms with Crippen LogP contribution in [0.1, 0.15) is 46.1 Å². The summed E-state index contributed by atoms with van der Waals surface area (Å²) < 4.78 is 6.73. The number of hydrogen-bond donors (Lipinski definition) is 1. The Bertz CT molecular complexity index is 1300. The molecule has 0 spiro atoms. The fourth-order valence-corrected chi connectivity index (χ4v) is 4.36. The fourth-order valence-electron chi connectivity index (χ4n) is 3.51. The molecule has 2 heterocycles. The number of anilines is 1. The molecule has 0 unspecified atom stereocenters. The van der Waals surface area contributed by atoms with Gasteiger partial charge in [0, 0.05) is 17.4 Å². The third kappa shape index (κ3) is 4.38. The minimum absolute atomic E-state index is 0.0905. The SMILES string of the molecule is COC(=O)c1cc(C)nc2c1c(=O)nc(SCC(=O)Nc1ccc(C)c(C)c1)n2C1CC1. The number of aromatic nitrogens is 3. The summed E-state index contributed by atoms with van der Waals surface area (Å²) in [5.74, 6) is -0.704. The predicted octanol–water partition coefficient (Wildman–Crippen LogP) is 3.57. The Morgan fingerprint density at radius 3 is 2.56 bits per heavy atom. The van der Waals surface area contributed by atoms with Crippen LogP contribution in [0.25, 0.3) is 11.0 Å². The second-order valence-electron chi connectivity index (χ2n) is 7.94. The molecule has 2 aromatic heterocycles. The number of nitrogens with one attached hydrogen (secondary N) is 1. The summed E-state index contributed by atoms with van der Waals surface area (Å²) in [5.41, 5.74) is 3.58. The second-order valence-corrected chi connectivity index (χ2v) is 8.88. The number of hydrogen-bond acceptors (Lipinski definition) is 7. The van der Waals surface area contributed by atoms with Crippen molar-refractivity contribution < 1.29 is 14.3 Å². The van der Waals surface area contributed by atoms with Gasteiger partial charge in [-0.25, -0.2) is 9.78 Å². The first kappa shape index (κ1) is 22.0. The number of carbonyl (C=O) groups excluding carboxylic acids is 2. The number of benzene rings is 1. The van der Waals surface area contributed by atoms with Crippen LogP contribution >= 0.6 is 11.8 Å². The highest BCUT2D eigenvalue weighted by molar-refractivity contribution is 7.99. The van der Waals surface area contributed by atoms with Gasteiger partial charge in [-0.2, -0.15) is 4.98 Å². The van der Waals surface area contributed by atoms with Crippen molar-refractivity contribution in [2.24, 2.45) is 0 Å². The summed E-state index contributed by atoms with van der Waals surface area (Å²) >= 11 is 1.19. The van der Waals surface area contributed by atoms with E-state index in [-0.39, 0.29) is 28.7 Å². The maximum absolute atomic E-state index is 12.9. The van der Waals surface area contributed by atoms with Crippen LogP contribution in [0.2, 0.25) is 0 Å². The van der Waals surface area contributed by atoms with Crippen molar-refractivity contribution in [2.45, 2.75) is 44.8 Å². The second kappa shape index (κ2) is 8.74. The van der Waals surface area contributed by atoms with E-state index in [4.69, 9.17) is 4.74 Å². The molecule has 0 bridgehead atoms. The van der Waals surface area contributed by atoms with E-state index in [1.165, 1.54) is 24.9 Å². The van der Waals surface area contributed by atoms with Crippen molar-refractivity contribution in [2.75, 3.05) is 18.2 Å². The summed E-state index contributed by atoms with van der Waals surface area (Å²) in [6.45, 7) is 5.77. The first-order chi connectivity index (χ1) is 15.3. The standard InChI is InChI=1S/C23H24N4O4S/c1-12-5-6-15(9-13(12)2)25-18(28)11-32-23-26-21(29)19-17(22(30)31-4)10-14(3)24-20(19)27(23)16-7-8-16/h5-6,9-10,16H,7-8,11H2,1-4H3,(H,25,28). The highest BCUT2D eigenvalue weighted by atomic mass is 32.2. The zero-order chi connectivity index (χ0) is 23.0. The third-order valence-electron chi connectivity index (χ3n) is 5.41. The molecule has 166 valence electrons. The number of carbonyl (C=O) groups is 2. The number of pyridine rings is 1. The van der Waals surface area contributed by atoms with Gasteiger partial charge >= 0.3 is 5.97 Å². The molecule has 1 saturated carbocycles. The van der Waals surface area contributed by atoms with Crippen molar-refractivity contribution in [3.63, 3.8) is 0 Å². The Morgan fingerprint density at radius 2 is 1.91 bits per heavy atom. The Hall–Kier alpha value is -3.20. The Balaban J connectivity index is 1.66. The minimum Gasteiger partial charge on any atom is -0.465 e. The Labute approximate surface area is 189 Å². The molecule has 32 heavy (non-hydrogen) atoms. The molecule has 1 N–H and O–H groups in total. The number of methoxy groups -OCH3 is 1. The van der Waals surface area contributed by atoms with E-state index in [0.717, 1.165) is 29.7 Å². The molecule has 0 saturated heterocycles. The van der Waals surface area contributed by atoms with Crippen molar-refractivity contribution in [3.8, 4) is 0 Å². The van der Waals surface area contributed by atoms with Gasteiger partial charge in [-0.1, -0.05) is 17.8 Å². The maximum Gasteiger partial charge on any atom is 0.338 e. The molecule has 1 aliphatic rings. The summed E-state index contributed by atoms with van der Waals surface area (Å²) in [7, 11) is 1.27. The average Bonchev–Trinajstić information content (AvgIpc) is 3.58. The summed E-state index contributed by atoms with van der Waals surface area (Å²) in [6.07, 6.45) is 1.84. The zero-order valence-corrected chi connectivity index (χ0v) is 19.2. The first-order valence-electron chi connectivity index (χ1n) is 10.3. The molecular formula is C23H24N4O4S. The molecule has 1 aromatic carbocycles. The van der Waals surface area contributed by atoms with E-state index in [1.807, 2.05) is 36.6 Å². The molecule has 1 amide bonds. The number of ether oxygens (including phenoxy) is 1. The monoisotopic (exact) mass is 452 g/mol. The van der Waals surface area contributed by atoms with Gasteiger partial charge in [-0.15, -0.1) is 0 Å². The van der Waals surface area contributed by atoms with E-state index in [9.17, 15) is 14.4 Å². The largest absolute Gasteiger partial charge is 0.465 e. The van der Waals surface area contributed by atoms with Gasteiger partial charge < -0.3 is 14.6 Å². The molecule has 9 heteroatoms. The number of nitrogens with zero attached hydrogens (tertiary/aromatic N) is 3. The number of thioether (sulfide) groups is 1. The van der Waals surface area contributed by atoms with Crippen molar-refractivity contribution >= 4 is 40.4 Å². The molecule has 0 atom stereocenters. The lowest BCUT2D eigenvalue weighted by atomic mass is 10.1. The van der Waals surface area contributed by atoms with Crippen LogP contribution < -0.4 is 10.9 Å². The first-order valence-corrected chi connectivity index (χ1v) is 11.3. The number of aryl methyl sites for hydroxylation is 3. The number of esters is 1. The van der Waals surface area contributed by atoms with Gasteiger partial charge in [-0.05, 0) is 62.9 Å². The molecule has 0 radical (unpaired) electrons. The number of rotatable bonds is 6. The lowest BCUT2D eigenvalue weighted by molar-refractivity contribution is -0.113. The van der Waals surface area contributed by atoms with Crippen LogP contribution in [-0.4, -0.2) is 39.3 Å². The molecule has 8 nitrogen and oxygen atoms in total. The van der Waals surface area contributed by atoms with Gasteiger partial charge in [0.1, 0.15) is 5.65 Å². The lowest BCUT2D eigenvalue weighted by Crippen LogP contribution is -2.21. The molecule has 1 aliphatic carbocycles. The van der Waals surface area contributed by atoms with Gasteiger partial charge in [0.05, 0.1) is 23.8 Å². The van der Waals surface area contributed by atoms with Gasteiger partial charge in [0.2, 0.25) is 5.91 Å². The van der Waals surface area contributed by atoms with Gasteiger partial charge in [0.25, 0.3) is 5.56 Å². The van der Waals surface area contributed by atoms with E-state index in [2.05, 4.69) is 15.3 Å². The fraction of sp³-hybridized carbons (Fsp3) is 0.348. The number of amides is 1. The minimum atomic E-state index is -0.602. The van der Waals surface area contributed by atoms with Crippen LogP contribution in [0.15, 0.2) is 34.2 Å². The quantitative estimate of drug-likeness (QED) is 0.346. The molecule has 1 fully saturated rings. The zero-order valence-electron chi connectivity index (χ0n) is 18.4. The highest BCUT2D eigenvalue weighted by Gasteiger charge is 2.30. The average molecular weight is 453 g/mol. The predicted molar refractivity (Wildman–Crippen MR) is 123 cm³/mol. The van der Waals surface area contributed by atoms with E-state index in [0.29, 0.717) is 16.5 Å². The van der Waals surface area contributed by atoms with Crippen LogP contribution in [0.5, 0.6) is 0 Å². The van der Waals surface area contributed by atoms with Crippen molar-refractivity contribution in [1.29, 1.82) is 0 Å². The smallest absolute Gasteiger partial charge is 0.338 e. The molecular weight excluding hydrogens is 428 g/mol. The molecule has 0 aliphatic heterocycles. The normalized spacial score (nSPS) is 13.2. The van der Waals surface area contributed by atoms with Crippen molar-refractivity contribution in [3.05, 3.63) is 57.0 Å². The summed E-state index contributed by atoms with van der Waals surface area (Å²) in [4.78, 5) is 46.4. The molecule has 4 rings (SSSR count). The van der Waals surface area contributed by atoms with Crippen LogP contribution in [0, 0.1) is 20.8 Å². The van der Waals surface area contributed by atoms with Crippen LogP contribution in [0.3, 0.4) is 0 Å². The maximum atomic E-state index is 12.9. The van der Waals surface area contributed by atoms with E-state index >= 15 is 0 Å². The Kier molecular flexibility index (Phi) is 6.01. The van der Waals surface area contributed by atoms with Crippen LogP contribution in [0.4, 0.5) is 5.69 Å². The summed E-state index contributed by atoms with van der Waals surface area (Å²) in [5, 5.41) is 3.46. The third-order valence-corrected chi connectivity index (χ3v) is 6.37.